The number of carbonyl (C=O) groups is 2. The maximum Gasteiger partial charge on any atom is 0.244 e. The molecule has 1 aromatic carbocycles. The molecule has 2 fully saturated rings. The normalized spacial score (nSPS) is 20.1. The second-order valence-corrected chi connectivity index (χ2v) is 9.33. The Kier molecular flexibility index (Phi) is 6.34. The Hall–Kier alpha value is -2.00. The Morgan fingerprint density at radius 2 is 1.64 bits per heavy atom. The first kappa shape index (κ1) is 20.7. The quantitative estimate of drug-likeness (QED) is 0.793. The van der Waals surface area contributed by atoms with E-state index in [9.17, 15) is 22.4 Å². The Labute approximate surface area is 164 Å². The SMILES string of the molecule is C[C@@H](NC(=O)C1CCN(S(=O)(=O)c2ccc(F)cc2)CC1)C(=O)N1CCCC1. The zero-order valence-corrected chi connectivity index (χ0v) is 16.8. The molecule has 0 bridgehead atoms. The summed E-state index contributed by atoms with van der Waals surface area (Å²) in [4.78, 5) is 26.6. The average molecular weight is 411 g/mol. The molecule has 0 spiro atoms. The van der Waals surface area contributed by atoms with Gasteiger partial charge in [-0.3, -0.25) is 9.59 Å². The van der Waals surface area contributed by atoms with Crippen LogP contribution < -0.4 is 5.32 Å². The average Bonchev–Trinajstić information content (AvgIpc) is 3.22. The number of rotatable bonds is 5. The highest BCUT2D eigenvalue weighted by Crippen LogP contribution is 2.24. The minimum atomic E-state index is -3.70. The second-order valence-electron chi connectivity index (χ2n) is 7.39. The van der Waals surface area contributed by atoms with Crippen molar-refractivity contribution >= 4 is 21.8 Å². The first-order valence-electron chi connectivity index (χ1n) is 9.64. The van der Waals surface area contributed by atoms with Crippen LogP contribution in [0.2, 0.25) is 0 Å². The molecule has 2 heterocycles. The van der Waals surface area contributed by atoms with E-state index in [1.165, 1.54) is 16.4 Å². The van der Waals surface area contributed by atoms with Crippen molar-refractivity contribution in [2.45, 2.75) is 43.5 Å². The maximum absolute atomic E-state index is 13.0. The third-order valence-corrected chi connectivity index (χ3v) is 7.34. The summed E-state index contributed by atoms with van der Waals surface area (Å²) in [6.45, 7) is 3.59. The van der Waals surface area contributed by atoms with Crippen LogP contribution in [-0.4, -0.2) is 61.7 Å². The predicted octanol–water partition coefficient (Wildman–Crippen LogP) is 1.35. The van der Waals surface area contributed by atoms with Crippen molar-refractivity contribution in [1.29, 1.82) is 0 Å². The zero-order chi connectivity index (χ0) is 20.3. The van der Waals surface area contributed by atoms with Crippen LogP contribution in [0.5, 0.6) is 0 Å². The second kappa shape index (κ2) is 8.57. The number of likely N-dealkylation sites (tertiary alicyclic amines) is 1. The van der Waals surface area contributed by atoms with Crippen LogP contribution in [0, 0.1) is 11.7 Å². The van der Waals surface area contributed by atoms with Crippen molar-refractivity contribution in [2.24, 2.45) is 5.92 Å². The monoisotopic (exact) mass is 411 g/mol. The Balaban J connectivity index is 1.53. The van der Waals surface area contributed by atoms with Gasteiger partial charge in [-0.25, -0.2) is 12.8 Å². The Bertz CT molecular complexity index is 814. The first-order valence-corrected chi connectivity index (χ1v) is 11.1. The van der Waals surface area contributed by atoms with Gasteiger partial charge in [0.2, 0.25) is 21.8 Å². The standard InChI is InChI=1S/C19H26FN3O4S/c1-14(19(25)22-10-2-3-11-22)21-18(24)15-8-12-23(13-9-15)28(26,27)17-6-4-16(20)5-7-17/h4-7,14-15H,2-3,8-13H2,1H3,(H,21,24)/t14-/m1/s1. The van der Waals surface area contributed by atoms with Crippen LogP contribution in [0.1, 0.15) is 32.6 Å². The molecule has 0 saturated carbocycles. The van der Waals surface area contributed by atoms with Crippen molar-refractivity contribution in [1.82, 2.24) is 14.5 Å². The maximum atomic E-state index is 13.0. The molecule has 0 radical (unpaired) electrons. The molecular formula is C19H26FN3O4S. The van der Waals surface area contributed by atoms with E-state index in [4.69, 9.17) is 0 Å². The van der Waals surface area contributed by atoms with E-state index >= 15 is 0 Å². The van der Waals surface area contributed by atoms with Crippen LogP contribution in [0.15, 0.2) is 29.2 Å². The molecule has 2 saturated heterocycles. The molecule has 28 heavy (non-hydrogen) atoms. The van der Waals surface area contributed by atoms with E-state index in [0.717, 1.165) is 38.1 Å². The van der Waals surface area contributed by atoms with Crippen LogP contribution in [0.25, 0.3) is 0 Å². The number of amides is 2. The van der Waals surface area contributed by atoms with Gasteiger partial charge in [-0.1, -0.05) is 0 Å². The molecule has 2 aliphatic heterocycles. The summed E-state index contributed by atoms with van der Waals surface area (Å²) in [5, 5.41) is 2.78. The van der Waals surface area contributed by atoms with Gasteiger partial charge in [0.25, 0.3) is 0 Å². The fourth-order valence-corrected chi connectivity index (χ4v) is 5.19. The molecule has 1 atom stereocenters. The number of nitrogens with one attached hydrogen (secondary N) is 1. The van der Waals surface area contributed by atoms with E-state index in [-0.39, 0.29) is 35.7 Å². The summed E-state index contributed by atoms with van der Waals surface area (Å²) in [7, 11) is -3.70. The third kappa shape index (κ3) is 4.52. The molecule has 0 aliphatic carbocycles. The fourth-order valence-electron chi connectivity index (χ4n) is 3.72. The van der Waals surface area contributed by atoms with Crippen LogP contribution in [0.3, 0.4) is 0 Å². The van der Waals surface area contributed by atoms with Crippen molar-refractivity contribution in [3.05, 3.63) is 30.1 Å². The minimum absolute atomic E-state index is 0.0432. The number of benzene rings is 1. The topological polar surface area (TPSA) is 86.8 Å². The van der Waals surface area contributed by atoms with E-state index in [1.54, 1.807) is 11.8 Å². The van der Waals surface area contributed by atoms with Crippen molar-refractivity contribution in [2.75, 3.05) is 26.2 Å². The molecule has 7 nitrogen and oxygen atoms in total. The molecule has 2 aliphatic rings. The van der Waals surface area contributed by atoms with Gasteiger partial charge < -0.3 is 10.2 Å². The number of carbonyl (C=O) groups excluding carboxylic acids is 2. The lowest BCUT2D eigenvalue weighted by Crippen LogP contribution is -2.49. The van der Waals surface area contributed by atoms with Crippen molar-refractivity contribution in [3.63, 3.8) is 0 Å². The molecule has 9 heteroatoms. The van der Waals surface area contributed by atoms with Gasteiger partial charge in [0.15, 0.2) is 0 Å². The molecule has 0 aromatic heterocycles. The van der Waals surface area contributed by atoms with Gasteiger partial charge >= 0.3 is 0 Å². The molecular weight excluding hydrogens is 385 g/mol. The van der Waals surface area contributed by atoms with E-state index in [0.29, 0.717) is 12.8 Å². The van der Waals surface area contributed by atoms with Crippen molar-refractivity contribution in [3.8, 4) is 0 Å². The lowest BCUT2D eigenvalue weighted by atomic mass is 9.97. The molecule has 2 amide bonds. The molecule has 154 valence electrons. The lowest BCUT2D eigenvalue weighted by molar-refractivity contribution is -0.136. The summed E-state index contributed by atoms with van der Waals surface area (Å²) >= 11 is 0. The molecule has 3 rings (SSSR count). The summed E-state index contributed by atoms with van der Waals surface area (Å²) < 4.78 is 39.6. The number of nitrogens with zero attached hydrogens (tertiary/aromatic N) is 2. The molecule has 1 N–H and O–H groups in total. The number of piperidine rings is 1. The van der Waals surface area contributed by atoms with Crippen molar-refractivity contribution < 1.29 is 22.4 Å². The predicted molar refractivity (Wildman–Crippen MR) is 101 cm³/mol. The molecule has 1 aromatic rings. The highest BCUT2D eigenvalue weighted by molar-refractivity contribution is 7.89. The highest BCUT2D eigenvalue weighted by Gasteiger charge is 2.33. The van der Waals surface area contributed by atoms with E-state index < -0.39 is 21.9 Å². The lowest BCUT2D eigenvalue weighted by Gasteiger charge is -2.31. The molecule has 0 unspecified atom stereocenters. The fraction of sp³-hybridized carbons (Fsp3) is 0.579. The van der Waals surface area contributed by atoms with Gasteiger partial charge in [-0.05, 0) is 56.9 Å². The first-order chi connectivity index (χ1) is 13.3. The smallest absolute Gasteiger partial charge is 0.244 e. The van der Waals surface area contributed by atoms with Gasteiger partial charge in [0.05, 0.1) is 4.90 Å². The number of hydrogen-bond acceptors (Lipinski definition) is 4. The minimum Gasteiger partial charge on any atom is -0.344 e. The summed E-state index contributed by atoms with van der Waals surface area (Å²) in [6.07, 6.45) is 2.76. The third-order valence-electron chi connectivity index (χ3n) is 5.42. The summed E-state index contributed by atoms with van der Waals surface area (Å²) in [6, 6.07) is 4.15. The number of sulfonamides is 1. The zero-order valence-electron chi connectivity index (χ0n) is 15.9. The Morgan fingerprint density at radius 3 is 2.21 bits per heavy atom. The number of hydrogen-bond donors (Lipinski definition) is 1. The van der Waals surface area contributed by atoms with E-state index in [1.807, 2.05) is 0 Å². The highest BCUT2D eigenvalue weighted by atomic mass is 32.2. The van der Waals surface area contributed by atoms with Gasteiger partial charge in [0.1, 0.15) is 11.9 Å². The summed E-state index contributed by atoms with van der Waals surface area (Å²) in [5.41, 5.74) is 0. The van der Waals surface area contributed by atoms with E-state index in [2.05, 4.69) is 5.32 Å². The van der Waals surface area contributed by atoms with Gasteiger partial charge in [-0.15, -0.1) is 0 Å². The van der Waals surface area contributed by atoms with Gasteiger partial charge in [0, 0.05) is 32.1 Å². The van der Waals surface area contributed by atoms with Crippen LogP contribution >= 0.6 is 0 Å². The van der Waals surface area contributed by atoms with Crippen LogP contribution in [-0.2, 0) is 19.6 Å². The number of halogens is 1. The Morgan fingerprint density at radius 1 is 1.07 bits per heavy atom. The summed E-state index contributed by atoms with van der Waals surface area (Å²) in [5.74, 6) is -1.10. The van der Waals surface area contributed by atoms with Crippen LogP contribution in [0.4, 0.5) is 4.39 Å². The largest absolute Gasteiger partial charge is 0.344 e. The van der Waals surface area contributed by atoms with Gasteiger partial charge in [-0.2, -0.15) is 4.31 Å².